The van der Waals surface area contributed by atoms with Crippen molar-refractivity contribution < 1.29 is 4.74 Å². The first-order valence-electron chi connectivity index (χ1n) is 5.39. The van der Waals surface area contributed by atoms with Crippen molar-refractivity contribution >= 4 is 0 Å². The van der Waals surface area contributed by atoms with Gasteiger partial charge in [0.1, 0.15) is 0 Å². The molecule has 0 spiro atoms. The largest absolute Gasteiger partial charge is 0.382 e. The first-order chi connectivity index (χ1) is 5.81. The van der Waals surface area contributed by atoms with Crippen LogP contribution in [0, 0.1) is 5.92 Å². The molecule has 1 saturated carbocycles. The molecule has 1 fully saturated rings. The van der Waals surface area contributed by atoms with Crippen molar-refractivity contribution in [3.05, 3.63) is 0 Å². The predicted molar refractivity (Wildman–Crippen MR) is 54.4 cm³/mol. The van der Waals surface area contributed by atoms with Crippen molar-refractivity contribution in [3.63, 3.8) is 0 Å². The average Bonchev–Trinajstić information content (AvgIpc) is 2.08. The molecule has 0 aromatic carbocycles. The summed E-state index contributed by atoms with van der Waals surface area (Å²) in [6.45, 7) is 8.03. The normalized spacial score (nSPS) is 18.2. The van der Waals surface area contributed by atoms with Gasteiger partial charge in [0.2, 0.25) is 0 Å². The van der Waals surface area contributed by atoms with Gasteiger partial charge in [-0.3, -0.25) is 0 Å². The number of ether oxygens (including phenoxy) is 1. The maximum absolute atomic E-state index is 4.83. The van der Waals surface area contributed by atoms with E-state index >= 15 is 0 Å². The van der Waals surface area contributed by atoms with Crippen LogP contribution in [0.5, 0.6) is 0 Å². The number of hydrogen-bond acceptors (Lipinski definition) is 1. The van der Waals surface area contributed by atoms with Crippen LogP contribution in [-0.2, 0) is 4.74 Å². The second-order valence-corrected chi connectivity index (χ2v) is 3.52. The lowest BCUT2D eigenvalue weighted by atomic mass is 9.91. The molecule has 0 unspecified atom stereocenters. The second kappa shape index (κ2) is 9.05. The van der Waals surface area contributed by atoms with Crippen molar-refractivity contribution in [2.75, 3.05) is 13.2 Å². The van der Waals surface area contributed by atoms with E-state index in [4.69, 9.17) is 4.74 Å². The Bertz CT molecular complexity index is 73.1. The van der Waals surface area contributed by atoms with Crippen molar-refractivity contribution in [2.24, 2.45) is 5.92 Å². The van der Waals surface area contributed by atoms with E-state index in [9.17, 15) is 0 Å². The van der Waals surface area contributed by atoms with Gasteiger partial charge in [0.25, 0.3) is 0 Å². The zero-order valence-electron chi connectivity index (χ0n) is 8.94. The number of rotatable bonds is 2. The molecule has 0 N–H and O–H groups in total. The van der Waals surface area contributed by atoms with Crippen molar-refractivity contribution in [1.29, 1.82) is 0 Å². The van der Waals surface area contributed by atoms with E-state index in [0.29, 0.717) is 0 Å². The van der Waals surface area contributed by atoms with Gasteiger partial charge in [-0.2, -0.15) is 0 Å². The van der Waals surface area contributed by atoms with Crippen LogP contribution in [0.25, 0.3) is 0 Å². The molecule has 0 radical (unpaired) electrons. The maximum atomic E-state index is 4.83. The summed E-state index contributed by atoms with van der Waals surface area (Å²) < 4.78 is 4.83. The van der Waals surface area contributed by atoms with Gasteiger partial charge in [0.15, 0.2) is 0 Å². The van der Waals surface area contributed by atoms with E-state index in [1.807, 2.05) is 13.8 Å². The summed E-state index contributed by atoms with van der Waals surface area (Å²) in [5, 5.41) is 0. The molecule has 0 bridgehead atoms. The molecule has 1 aliphatic rings. The van der Waals surface area contributed by atoms with Crippen LogP contribution in [0.3, 0.4) is 0 Å². The van der Waals surface area contributed by atoms with Gasteiger partial charge in [-0.05, 0) is 19.8 Å². The summed E-state index contributed by atoms with van der Waals surface area (Å²) in [5.74, 6) is 1.04. The zero-order chi connectivity index (χ0) is 9.23. The van der Waals surface area contributed by atoms with E-state index in [-0.39, 0.29) is 0 Å². The van der Waals surface area contributed by atoms with Crippen LogP contribution >= 0.6 is 0 Å². The Kier molecular flexibility index (Phi) is 9.02. The lowest BCUT2D eigenvalue weighted by molar-refractivity contribution is 0.162. The van der Waals surface area contributed by atoms with Crippen LogP contribution in [-0.4, -0.2) is 13.2 Å². The minimum Gasteiger partial charge on any atom is -0.382 e. The molecule has 0 atom stereocenters. The Labute approximate surface area is 77.5 Å². The molecular formula is C11H24O. The topological polar surface area (TPSA) is 9.23 Å². The third-order valence-electron chi connectivity index (χ3n) is 2.30. The monoisotopic (exact) mass is 172 g/mol. The standard InChI is InChI=1S/C7H14.C4H10O/c1-7-5-3-2-4-6-7;1-3-5-4-2/h7H,2-6H2,1H3;3-4H2,1-2H3. The van der Waals surface area contributed by atoms with Crippen LogP contribution in [0.2, 0.25) is 0 Å². The molecule has 1 aliphatic carbocycles. The SMILES string of the molecule is CC1CCCCC1.CCOCC. The lowest BCUT2D eigenvalue weighted by Crippen LogP contribution is -1.99. The first-order valence-corrected chi connectivity index (χ1v) is 5.39. The highest BCUT2D eigenvalue weighted by molar-refractivity contribution is 4.59. The predicted octanol–water partition coefficient (Wildman–Crippen LogP) is 3.63. The van der Waals surface area contributed by atoms with E-state index in [1.165, 1.54) is 32.1 Å². The Morgan fingerprint density at radius 3 is 1.67 bits per heavy atom. The first kappa shape index (κ1) is 12.0. The summed E-state index contributed by atoms with van der Waals surface area (Å²) in [4.78, 5) is 0. The summed E-state index contributed by atoms with van der Waals surface area (Å²) in [7, 11) is 0. The summed E-state index contributed by atoms with van der Waals surface area (Å²) >= 11 is 0. The van der Waals surface area contributed by atoms with Crippen LogP contribution in [0.15, 0.2) is 0 Å². The fraction of sp³-hybridized carbons (Fsp3) is 1.00. The van der Waals surface area contributed by atoms with Gasteiger partial charge in [-0.1, -0.05) is 39.0 Å². The van der Waals surface area contributed by atoms with Crippen LogP contribution in [0.4, 0.5) is 0 Å². The summed E-state index contributed by atoms with van der Waals surface area (Å²) in [6, 6.07) is 0. The van der Waals surface area contributed by atoms with Crippen molar-refractivity contribution in [3.8, 4) is 0 Å². The molecule has 0 aliphatic heterocycles. The minimum atomic E-state index is 0.844. The molecule has 1 nitrogen and oxygen atoms in total. The average molecular weight is 172 g/mol. The van der Waals surface area contributed by atoms with Crippen LogP contribution in [0.1, 0.15) is 52.9 Å². The molecule has 12 heavy (non-hydrogen) atoms. The molecule has 0 saturated heterocycles. The van der Waals surface area contributed by atoms with Gasteiger partial charge in [-0.15, -0.1) is 0 Å². The summed E-state index contributed by atoms with van der Waals surface area (Å²) in [6.07, 6.45) is 7.44. The third-order valence-corrected chi connectivity index (χ3v) is 2.30. The van der Waals surface area contributed by atoms with E-state index in [0.717, 1.165) is 19.1 Å². The fourth-order valence-electron chi connectivity index (χ4n) is 1.51. The van der Waals surface area contributed by atoms with Gasteiger partial charge in [0, 0.05) is 13.2 Å². The Morgan fingerprint density at radius 2 is 1.50 bits per heavy atom. The summed E-state index contributed by atoms with van der Waals surface area (Å²) in [5.41, 5.74) is 0. The molecule has 0 aromatic rings. The quantitative estimate of drug-likeness (QED) is 0.618. The van der Waals surface area contributed by atoms with Crippen molar-refractivity contribution in [1.82, 2.24) is 0 Å². The second-order valence-electron chi connectivity index (χ2n) is 3.52. The Hall–Kier alpha value is -0.0400. The van der Waals surface area contributed by atoms with Crippen LogP contribution < -0.4 is 0 Å². The highest BCUT2D eigenvalue weighted by atomic mass is 16.5. The van der Waals surface area contributed by atoms with Gasteiger partial charge in [0.05, 0.1) is 0 Å². The Balaban J connectivity index is 0.000000217. The van der Waals surface area contributed by atoms with E-state index in [1.54, 1.807) is 0 Å². The molecular weight excluding hydrogens is 148 g/mol. The molecule has 74 valence electrons. The maximum Gasteiger partial charge on any atom is 0.0437 e. The molecule has 0 amide bonds. The third kappa shape index (κ3) is 8.06. The van der Waals surface area contributed by atoms with Gasteiger partial charge in [-0.25, -0.2) is 0 Å². The minimum absolute atomic E-state index is 0.844. The zero-order valence-corrected chi connectivity index (χ0v) is 8.94. The highest BCUT2D eigenvalue weighted by Crippen LogP contribution is 2.21. The Morgan fingerprint density at radius 1 is 1.00 bits per heavy atom. The number of hydrogen-bond donors (Lipinski definition) is 0. The van der Waals surface area contributed by atoms with Crippen molar-refractivity contribution in [2.45, 2.75) is 52.9 Å². The molecule has 1 heteroatoms. The van der Waals surface area contributed by atoms with Gasteiger partial charge >= 0.3 is 0 Å². The van der Waals surface area contributed by atoms with E-state index in [2.05, 4.69) is 6.92 Å². The van der Waals surface area contributed by atoms with Gasteiger partial charge < -0.3 is 4.74 Å². The highest BCUT2D eigenvalue weighted by Gasteiger charge is 2.05. The fourth-order valence-corrected chi connectivity index (χ4v) is 1.51. The van der Waals surface area contributed by atoms with E-state index < -0.39 is 0 Å². The molecule has 0 aromatic heterocycles. The lowest BCUT2D eigenvalue weighted by Gasteiger charge is -2.15. The smallest absolute Gasteiger partial charge is 0.0437 e. The molecule has 1 rings (SSSR count). The molecule has 0 heterocycles.